The Morgan fingerprint density at radius 3 is 2.10 bits per heavy atom. The van der Waals surface area contributed by atoms with Crippen molar-refractivity contribution in [1.82, 2.24) is 0 Å². The van der Waals surface area contributed by atoms with Crippen molar-refractivity contribution < 1.29 is 0 Å². The van der Waals surface area contributed by atoms with E-state index < -0.39 is 0 Å². The first kappa shape index (κ1) is 17.2. The SMILES string of the molecule is c1ccc(-c2ccc(Nc3ccc(C45C[C@@H]6CC7C[C@@H](C4)[C@@]7(C6)C5)cc3)cc2)cc1. The van der Waals surface area contributed by atoms with E-state index in [1.165, 1.54) is 48.9 Å². The van der Waals surface area contributed by atoms with E-state index in [0.717, 1.165) is 28.9 Å². The lowest BCUT2D eigenvalue weighted by Gasteiger charge is -2.49. The average Bonchev–Trinajstić information content (AvgIpc) is 3.10. The van der Waals surface area contributed by atoms with Gasteiger partial charge in [-0.05, 0) is 108 Å². The molecule has 3 bridgehead atoms. The molecule has 5 atom stereocenters. The summed E-state index contributed by atoms with van der Waals surface area (Å²) < 4.78 is 0. The van der Waals surface area contributed by atoms with E-state index in [0.29, 0.717) is 5.41 Å². The first-order valence-corrected chi connectivity index (χ1v) is 11.8. The minimum absolute atomic E-state index is 0.495. The van der Waals surface area contributed by atoms with Crippen molar-refractivity contribution in [2.75, 3.05) is 5.32 Å². The van der Waals surface area contributed by atoms with E-state index in [2.05, 4.69) is 84.2 Å². The van der Waals surface area contributed by atoms with Gasteiger partial charge < -0.3 is 5.32 Å². The fourth-order valence-corrected chi connectivity index (χ4v) is 8.15. The van der Waals surface area contributed by atoms with Crippen molar-refractivity contribution in [2.45, 2.75) is 43.9 Å². The lowest BCUT2D eigenvalue weighted by molar-refractivity contribution is -0.000160. The number of anilines is 2. The molecule has 30 heavy (non-hydrogen) atoms. The Labute approximate surface area is 179 Å². The molecule has 0 amide bonds. The number of benzene rings is 3. The van der Waals surface area contributed by atoms with Gasteiger partial charge in [-0.2, -0.15) is 0 Å². The quantitative estimate of drug-likeness (QED) is 0.484. The average molecular weight is 392 g/mol. The molecule has 1 N–H and O–H groups in total. The smallest absolute Gasteiger partial charge is 0.0384 e. The van der Waals surface area contributed by atoms with Gasteiger partial charge in [-0.15, -0.1) is 0 Å². The van der Waals surface area contributed by atoms with Crippen molar-refractivity contribution in [3.8, 4) is 11.1 Å². The Balaban J connectivity index is 1.10. The maximum atomic E-state index is 3.60. The summed E-state index contributed by atoms with van der Waals surface area (Å²) in [6.45, 7) is 0. The highest BCUT2D eigenvalue weighted by atomic mass is 14.9. The van der Waals surface area contributed by atoms with Crippen LogP contribution >= 0.6 is 0 Å². The van der Waals surface area contributed by atoms with E-state index >= 15 is 0 Å². The van der Waals surface area contributed by atoms with E-state index in [1.807, 2.05) is 0 Å². The number of hydrogen-bond donors (Lipinski definition) is 1. The second kappa shape index (κ2) is 6.00. The second-order valence-electron chi connectivity index (χ2n) is 10.7. The molecule has 1 spiro atoms. The Kier molecular flexibility index (Phi) is 3.44. The van der Waals surface area contributed by atoms with Gasteiger partial charge >= 0.3 is 0 Å². The van der Waals surface area contributed by atoms with Crippen molar-refractivity contribution >= 4 is 11.4 Å². The third kappa shape index (κ3) is 2.35. The molecule has 0 radical (unpaired) electrons. The van der Waals surface area contributed by atoms with Crippen LogP contribution in [0.5, 0.6) is 0 Å². The second-order valence-corrected chi connectivity index (χ2v) is 10.7. The molecule has 1 heteroatoms. The summed E-state index contributed by atoms with van der Waals surface area (Å²) in [5.41, 5.74) is 7.74. The zero-order chi connectivity index (χ0) is 19.8. The first-order chi connectivity index (χ1) is 14.7. The van der Waals surface area contributed by atoms with Crippen LogP contribution in [0.15, 0.2) is 78.9 Å². The molecule has 0 aromatic heterocycles. The van der Waals surface area contributed by atoms with Crippen molar-refractivity contribution in [3.63, 3.8) is 0 Å². The molecular weight excluding hydrogens is 362 g/mol. The van der Waals surface area contributed by atoms with Gasteiger partial charge in [-0.3, -0.25) is 0 Å². The summed E-state index contributed by atoms with van der Waals surface area (Å²) in [6.07, 6.45) is 9.04. The molecule has 0 heterocycles. The topological polar surface area (TPSA) is 12.0 Å². The maximum absolute atomic E-state index is 3.60. The fourth-order valence-electron chi connectivity index (χ4n) is 8.15. The maximum Gasteiger partial charge on any atom is 0.0384 e. The zero-order valence-corrected chi connectivity index (χ0v) is 17.5. The molecule has 3 aromatic carbocycles. The summed E-state index contributed by atoms with van der Waals surface area (Å²) in [5.74, 6) is 3.13. The van der Waals surface area contributed by atoms with Crippen molar-refractivity contribution in [3.05, 3.63) is 84.4 Å². The molecule has 2 unspecified atom stereocenters. The molecule has 4 aliphatic rings. The minimum Gasteiger partial charge on any atom is -0.356 e. The lowest BCUT2D eigenvalue weighted by atomic mass is 9.55. The van der Waals surface area contributed by atoms with E-state index in [9.17, 15) is 0 Å². The molecule has 150 valence electrons. The highest BCUT2D eigenvalue weighted by Crippen LogP contribution is 2.78. The Hall–Kier alpha value is -2.54. The van der Waals surface area contributed by atoms with Crippen LogP contribution in [-0.4, -0.2) is 0 Å². The van der Waals surface area contributed by atoms with E-state index in [-0.39, 0.29) is 0 Å². The van der Waals surface area contributed by atoms with Gasteiger partial charge in [0.25, 0.3) is 0 Å². The van der Waals surface area contributed by atoms with Crippen LogP contribution in [0.1, 0.15) is 44.1 Å². The fraction of sp³-hybridized carbons (Fsp3) is 0.379. The standard InChI is InChI=1S/C29H29N/c1-2-4-21(5-3-1)22-6-10-26(11-7-22)30-27-12-8-23(9-13-27)28-16-20-14-24-15-25(18-28)29(24,17-20)19-28/h1-13,20,24-25,30H,14-19H2/t20-,24?,25-,28?,29-/m0/s1. The molecule has 1 nitrogen and oxygen atoms in total. The first-order valence-electron chi connectivity index (χ1n) is 11.8. The Morgan fingerprint density at radius 2 is 1.33 bits per heavy atom. The normalized spacial score (nSPS) is 35.1. The zero-order valence-electron chi connectivity index (χ0n) is 17.5. The number of nitrogens with one attached hydrogen (secondary N) is 1. The molecule has 4 saturated carbocycles. The number of rotatable bonds is 4. The van der Waals surface area contributed by atoms with Gasteiger partial charge in [0.05, 0.1) is 0 Å². The molecule has 7 rings (SSSR count). The molecule has 4 fully saturated rings. The molecular formula is C29H29N. The van der Waals surface area contributed by atoms with Gasteiger partial charge in [-0.1, -0.05) is 54.6 Å². The van der Waals surface area contributed by atoms with Crippen molar-refractivity contribution in [1.29, 1.82) is 0 Å². The number of hydrogen-bond acceptors (Lipinski definition) is 1. The molecule has 0 aliphatic heterocycles. The van der Waals surface area contributed by atoms with Crippen LogP contribution in [0.4, 0.5) is 11.4 Å². The largest absolute Gasteiger partial charge is 0.356 e. The number of fused-ring (bicyclic) bond motifs is 2. The monoisotopic (exact) mass is 391 g/mol. The summed E-state index contributed by atoms with van der Waals surface area (Å²) in [7, 11) is 0. The third-order valence-corrected chi connectivity index (χ3v) is 9.24. The van der Waals surface area contributed by atoms with Gasteiger partial charge in [0.1, 0.15) is 0 Å². The Morgan fingerprint density at radius 1 is 0.633 bits per heavy atom. The molecule has 3 aromatic rings. The van der Waals surface area contributed by atoms with Gasteiger partial charge in [0.2, 0.25) is 0 Å². The highest BCUT2D eigenvalue weighted by Gasteiger charge is 2.70. The highest BCUT2D eigenvalue weighted by molar-refractivity contribution is 5.68. The predicted molar refractivity (Wildman–Crippen MR) is 124 cm³/mol. The van der Waals surface area contributed by atoms with Gasteiger partial charge in [0, 0.05) is 11.4 Å². The summed E-state index contributed by atoms with van der Waals surface area (Å²) in [6, 6.07) is 28.8. The van der Waals surface area contributed by atoms with Crippen LogP contribution < -0.4 is 5.32 Å². The van der Waals surface area contributed by atoms with E-state index in [4.69, 9.17) is 0 Å². The summed E-state index contributed by atoms with van der Waals surface area (Å²) in [4.78, 5) is 0. The van der Waals surface area contributed by atoms with Crippen LogP contribution in [0, 0.1) is 23.2 Å². The molecule has 4 aliphatic carbocycles. The molecule has 0 saturated heterocycles. The van der Waals surface area contributed by atoms with E-state index in [1.54, 1.807) is 12.0 Å². The van der Waals surface area contributed by atoms with Crippen LogP contribution in [0.3, 0.4) is 0 Å². The van der Waals surface area contributed by atoms with Gasteiger partial charge in [-0.25, -0.2) is 0 Å². The van der Waals surface area contributed by atoms with Crippen LogP contribution in [-0.2, 0) is 5.41 Å². The summed E-state index contributed by atoms with van der Waals surface area (Å²) in [5, 5.41) is 3.60. The predicted octanol–water partition coefficient (Wildman–Crippen LogP) is 7.57. The van der Waals surface area contributed by atoms with Crippen molar-refractivity contribution in [2.24, 2.45) is 23.2 Å². The van der Waals surface area contributed by atoms with Crippen LogP contribution in [0.2, 0.25) is 0 Å². The summed E-state index contributed by atoms with van der Waals surface area (Å²) >= 11 is 0. The van der Waals surface area contributed by atoms with Gasteiger partial charge in [0.15, 0.2) is 0 Å². The minimum atomic E-state index is 0.495. The van der Waals surface area contributed by atoms with Crippen LogP contribution in [0.25, 0.3) is 11.1 Å². The Bertz CT molecular complexity index is 1080. The third-order valence-electron chi connectivity index (χ3n) is 9.24. The lowest BCUT2D eigenvalue weighted by Crippen LogP contribution is -2.42.